The van der Waals surface area contributed by atoms with Gasteiger partial charge in [-0.2, -0.15) is 0 Å². The summed E-state index contributed by atoms with van der Waals surface area (Å²) in [5.41, 5.74) is 3.21. The number of hydrogen-bond donors (Lipinski definition) is 0. The van der Waals surface area contributed by atoms with Gasteiger partial charge in [-0.25, -0.2) is 0 Å². The smallest absolute Gasteiger partial charge is 0.254 e. The van der Waals surface area contributed by atoms with Gasteiger partial charge in [0, 0.05) is 18.7 Å². The Hall–Kier alpha value is -1.31. The van der Waals surface area contributed by atoms with E-state index in [1.54, 1.807) is 0 Å². The molecule has 1 aliphatic rings. The van der Waals surface area contributed by atoms with Crippen LogP contribution in [0.5, 0.6) is 0 Å². The van der Waals surface area contributed by atoms with Crippen LogP contribution in [-0.2, 0) is 6.54 Å². The fraction of sp³-hybridized carbons (Fsp3) is 0.364. The molecule has 13 heavy (non-hydrogen) atoms. The van der Waals surface area contributed by atoms with Crippen LogP contribution < -0.4 is 0 Å². The standard InChI is InChI=1S/C11H13NO/c1-3-12-7-9-5-4-8(2)6-10(9)11(12)13/h4-6H,3,7H2,1-2H3. The van der Waals surface area contributed by atoms with Crippen molar-refractivity contribution in [3.63, 3.8) is 0 Å². The highest BCUT2D eigenvalue weighted by molar-refractivity contribution is 5.98. The Labute approximate surface area is 78.2 Å². The van der Waals surface area contributed by atoms with Crippen molar-refractivity contribution in [1.29, 1.82) is 0 Å². The minimum absolute atomic E-state index is 0.182. The van der Waals surface area contributed by atoms with Gasteiger partial charge >= 0.3 is 0 Å². The van der Waals surface area contributed by atoms with Crippen molar-refractivity contribution in [3.05, 3.63) is 34.9 Å². The van der Waals surface area contributed by atoms with Gasteiger partial charge in [-0.05, 0) is 25.5 Å². The van der Waals surface area contributed by atoms with E-state index in [1.165, 1.54) is 0 Å². The van der Waals surface area contributed by atoms with E-state index in [1.807, 2.05) is 24.8 Å². The minimum Gasteiger partial charge on any atom is -0.335 e. The number of fused-ring (bicyclic) bond motifs is 1. The molecular weight excluding hydrogens is 162 g/mol. The van der Waals surface area contributed by atoms with E-state index in [0.29, 0.717) is 0 Å². The van der Waals surface area contributed by atoms with E-state index < -0.39 is 0 Å². The van der Waals surface area contributed by atoms with Crippen LogP contribution in [0.1, 0.15) is 28.4 Å². The van der Waals surface area contributed by atoms with Crippen LogP contribution >= 0.6 is 0 Å². The predicted octanol–water partition coefficient (Wildman–Crippen LogP) is 1.97. The summed E-state index contributed by atoms with van der Waals surface area (Å²) >= 11 is 0. The first-order valence-electron chi connectivity index (χ1n) is 4.61. The van der Waals surface area contributed by atoms with Gasteiger partial charge in [-0.3, -0.25) is 4.79 Å². The predicted molar refractivity (Wildman–Crippen MR) is 51.6 cm³/mol. The molecule has 2 nitrogen and oxygen atoms in total. The number of carbonyl (C=O) groups is 1. The fourth-order valence-corrected chi connectivity index (χ4v) is 1.73. The first-order chi connectivity index (χ1) is 6.22. The van der Waals surface area contributed by atoms with Crippen molar-refractivity contribution >= 4 is 5.91 Å². The molecule has 1 aliphatic heterocycles. The zero-order chi connectivity index (χ0) is 9.42. The maximum atomic E-state index is 11.7. The summed E-state index contributed by atoms with van der Waals surface area (Å²) in [5, 5.41) is 0. The summed E-state index contributed by atoms with van der Waals surface area (Å²) in [7, 11) is 0. The topological polar surface area (TPSA) is 20.3 Å². The summed E-state index contributed by atoms with van der Waals surface area (Å²) in [6.45, 7) is 5.61. The van der Waals surface area contributed by atoms with Gasteiger partial charge < -0.3 is 4.90 Å². The molecule has 0 aliphatic carbocycles. The van der Waals surface area contributed by atoms with E-state index in [2.05, 4.69) is 12.1 Å². The van der Waals surface area contributed by atoms with Gasteiger partial charge in [0.2, 0.25) is 0 Å². The SMILES string of the molecule is CCN1Cc2ccc(C)cc2C1=O. The lowest BCUT2D eigenvalue weighted by atomic mass is 10.1. The molecule has 2 heteroatoms. The second kappa shape index (κ2) is 2.87. The van der Waals surface area contributed by atoms with Crippen LogP contribution in [0.15, 0.2) is 18.2 Å². The molecule has 0 fully saturated rings. The van der Waals surface area contributed by atoms with Crippen molar-refractivity contribution in [2.75, 3.05) is 6.54 Å². The van der Waals surface area contributed by atoms with Gasteiger partial charge in [0.1, 0.15) is 0 Å². The molecule has 0 unspecified atom stereocenters. The summed E-state index contributed by atoms with van der Waals surface area (Å²) < 4.78 is 0. The van der Waals surface area contributed by atoms with Crippen molar-refractivity contribution in [1.82, 2.24) is 4.90 Å². The monoisotopic (exact) mass is 175 g/mol. The van der Waals surface area contributed by atoms with Gasteiger partial charge in [-0.15, -0.1) is 0 Å². The lowest BCUT2D eigenvalue weighted by Crippen LogP contribution is -2.22. The zero-order valence-corrected chi connectivity index (χ0v) is 8.00. The van der Waals surface area contributed by atoms with Crippen LogP contribution in [0.4, 0.5) is 0 Å². The molecular formula is C11H13NO. The average molecular weight is 175 g/mol. The highest BCUT2D eigenvalue weighted by Gasteiger charge is 2.25. The van der Waals surface area contributed by atoms with E-state index in [4.69, 9.17) is 0 Å². The van der Waals surface area contributed by atoms with E-state index in [0.717, 1.165) is 29.8 Å². The summed E-state index contributed by atoms with van der Waals surface area (Å²) in [5.74, 6) is 0.182. The Morgan fingerprint density at radius 1 is 1.46 bits per heavy atom. The summed E-state index contributed by atoms with van der Waals surface area (Å²) in [6, 6.07) is 6.09. The molecule has 1 aromatic rings. The normalized spacial score (nSPS) is 14.9. The number of carbonyl (C=O) groups excluding carboxylic acids is 1. The molecule has 0 N–H and O–H groups in total. The van der Waals surface area contributed by atoms with Crippen molar-refractivity contribution in [2.24, 2.45) is 0 Å². The first kappa shape index (κ1) is 8.30. The molecule has 0 saturated carbocycles. The summed E-state index contributed by atoms with van der Waals surface area (Å²) in [6.07, 6.45) is 0. The molecule has 0 atom stereocenters. The van der Waals surface area contributed by atoms with Crippen molar-refractivity contribution in [2.45, 2.75) is 20.4 Å². The molecule has 0 bridgehead atoms. The molecule has 0 aromatic heterocycles. The third kappa shape index (κ3) is 1.22. The van der Waals surface area contributed by atoms with E-state index in [-0.39, 0.29) is 5.91 Å². The van der Waals surface area contributed by atoms with Crippen LogP contribution in [-0.4, -0.2) is 17.4 Å². The lowest BCUT2D eigenvalue weighted by molar-refractivity contribution is 0.0787. The van der Waals surface area contributed by atoms with Crippen LogP contribution in [0.2, 0.25) is 0 Å². The Bertz CT molecular complexity index is 357. The molecule has 0 spiro atoms. The average Bonchev–Trinajstić information content (AvgIpc) is 2.44. The van der Waals surface area contributed by atoms with Crippen LogP contribution in [0, 0.1) is 6.92 Å². The highest BCUT2D eigenvalue weighted by atomic mass is 16.2. The quantitative estimate of drug-likeness (QED) is 0.639. The highest BCUT2D eigenvalue weighted by Crippen LogP contribution is 2.22. The molecule has 1 amide bonds. The third-order valence-corrected chi connectivity index (χ3v) is 2.53. The maximum absolute atomic E-state index is 11.7. The first-order valence-corrected chi connectivity index (χ1v) is 4.61. The molecule has 1 aromatic carbocycles. The number of aryl methyl sites for hydroxylation is 1. The fourth-order valence-electron chi connectivity index (χ4n) is 1.73. The van der Waals surface area contributed by atoms with Crippen molar-refractivity contribution < 1.29 is 4.79 Å². The Morgan fingerprint density at radius 3 is 2.92 bits per heavy atom. The Morgan fingerprint density at radius 2 is 2.23 bits per heavy atom. The number of hydrogen-bond acceptors (Lipinski definition) is 1. The Balaban J connectivity index is 2.45. The van der Waals surface area contributed by atoms with E-state index in [9.17, 15) is 4.79 Å². The van der Waals surface area contributed by atoms with Crippen molar-refractivity contribution in [3.8, 4) is 0 Å². The van der Waals surface area contributed by atoms with Crippen LogP contribution in [0.3, 0.4) is 0 Å². The van der Waals surface area contributed by atoms with Gasteiger partial charge in [0.25, 0.3) is 5.91 Å². The molecule has 2 rings (SSSR count). The lowest BCUT2D eigenvalue weighted by Gasteiger charge is -2.10. The van der Waals surface area contributed by atoms with E-state index >= 15 is 0 Å². The second-order valence-corrected chi connectivity index (χ2v) is 3.48. The van der Waals surface area contributed by atoms with Gasteiger partial charge in [0.15, 0.2) is 0 Å². The maximum Gasteiger partial charge on any atom is 0.254 e. The Kier molecular flexibility index (Phi) is 1.83. The van der Waals surface area contributed by atoms with Crippen LogP contribution in [0.25, 0.3) is 0 Å². The van der Waals surface area contributed by atoms with Gasteiger partial charge in [0.05, 0.1) is 0 Å². The second-order valence-electron chi connectivity index (χ2n) is 3.48. The number of benzene rings is 1. The molecule has 0 radical (unpaired) electrons. The largest absolute Gasteiger partial charge is 0.335 e. The number of amides is 1. The molecule has 1 heterocycles. The summed E-state index contributed by atoms with van der Waals surface area (Å²) in [4.78, 5) is 13.6. The number of nitrogens with zero attached hydrogens (tertiary/aromatic N) is 1. The zero-order valence-electron chi connectivity index (χ0n) is 8.00. The minimum atomic E-state index is 0.182. The number of rotatable bonds is 1. The molecule has 0 saturated heterocycles. The van der Waals surface area contributed by atoms with Gasteiger partial charge in [-0.1, -0.05) is 17.7 Å². The molecule has 68 valence electrons. The third-order valence-electron chi connectivity index (χ3n) is 2.53.